The minimum Gasteiger partial charge on any atom is -0.320 e. The summed E-state index contributed by atoms with van der Waals surface area (Å²) < 4.78 is 0.781. The fraction of sp³-hybridized carbons (Fsp3) is 0.100. The summed E-state index contributed by atoms with van der Waals surface area (Å²) in [5, 5.41) is 2.76. The largest absolute Gasteiger partial charge is 0.320 e. The van der Waals surface area contributed by atoms with Crippen LogP contribution in [0.15, 0.2) is 28.6 Å². The van der Waals surface area contributed by atoms with Crippen LogP contribution in [0.5, 0.6) is 0 Å². The fourth-order valence-electron chi connectivity index (χ4n) is 1.15. The molecule has 2 aromatic rings. The average molecular weight is 298 g/mol. The Bertz CT molecular complexity index is 513. The Morgan fingerprint density at radius 1 is 1.50 bits per heavy atom. The van der Waals surface area contributed by atoms with E-state index in [1.807, 2.05) is 13.0 Å². The maximum absolute atomic E-state index is 11.7. The first-order chi connectivity index (χ1) is 7.66. The number of anilines is 1. The number of nitrogens with one attached hydrogen (secondary N) is 1. The van der Waals surface area contributed by atoms with Gasteiger partial charge in [0.15, 0.2) is 0 Å². The van der Waals surface area contributed by atoms with E-state index >= 15 is 0 Å². The topological polar surface area (TPSA) is 54.9 Å². The van der Waals surface area contributed by atoms with Crippen LogP contribution in [-0.2, 0) is 0 Å². The lowest BCUT2D eigenvalue weighted by Gasteiger charge is -2.04. The monoisotopic (exact) mass is 297 g/mol. The summed E-state index contributed by atoms with van der Waals surface area (Å²) in [4.78, 5) is 20.2. The van der Waals surface area contributed by atoms with Crippen LogP contribution in [-0.4, -0.2) is 15.9 Å². The molecule has 82 valence electrons. The number of carbonyl (C=O) groups is 1. The summed E-state index contributed by atoms with van der Waals surface area (Å²) >= 11 is 4.61. The normalized spacial score (nSPS) is 10.1. The van der Waals surface area contributed by atoms with Crippen molar-refractivity contribution in [2.45, 2.75) is 6.92 Å². The van der Waals surface area contributed by atoms with Crippen molar-refractivity contribution in [3.8, 4) is 0 Å². The second-order valence-electron chi connectivity index (χ2n) is 3.15. The predicted molar refractivity (Wildman–Crippen MR) is 66.7 cm³/mol. The zero-order valence-corrected chi connectivity index (χ0v) is 10.8. The van der Waals surface area contributed by atoms with E-state index in [9.17, 15) is 4.79 Å². The number of amides is 1. The summed E-state index contributed by atoms with van der Waals surface area (Å²) in [6, 6.07) is 1.86. The molecule has 0 bridgehead atoms. The highest BCUT2D eigenvalue weighted by atomic mass is 79.9. The smallest absolute Gasteiger partial charge is 0.267 e. The van der Waals surface area contributed by atoms with Crippen molar-refractivity contribution in [2.75, 3.05) is 5.32 Å². The molecule has 0 aliphatic rings. The van der Waals surface area contributed by atoms with Gasteiger partial charge < -0.3 is 5.32 Å². The number of rotatable bonds is 2. The number of hydrogen-bond donors (Lipinski definition) is 1. The Morgan fingerprint density at radius 2 is 2.31 bits per heavy atom. The van der Waals surface area contributed by atoms with Crippen LogP contribution in [0.4, 0.5) is 5.69 Å². The molecule has 6 heteroatoms. The summed E-state index contributed by atoms with van der Waals surface area (Å²) in [7, 11) is 0. The Balaban J connectivity index is 2.15. The summed E-state index contributed by atoms with van der Waals surface area (Å²) in [5.74, 6) is -0.161. The molecule has 0 fully saturated rings. The van der Waals surface area contributed by atoms with Crippen molar-refractivity contribution < 1.29 is 4.79 Å². The number of aryl methyl sites for hydroxylation is 1. The summed E-state index contributed by atoms with van der Waals surface area (Å²) in [6.45, 7) is 1.92. The first-order valence-corrected chi connectivity index (χ1v) is 6.16. The maximum atomic E-state index is 11.7. The number of thiazole rings is 1. The summed E-state index contributed by atoms with van der Waals surface area (Å²) in [6.07, 6.45) is 3.15. The molecule has 2 heterocycles. The van der Waals surface area contributed by atoms with Gasteiger partial charge in [-0.2, -0.15) is 0 Å². The van der Waals surface area contributed by atoms with Crippen LogP contribution in [0.25, 0.3) is 0 Å². The number of pyridine rings is 1. The van der Waals surface area contributed by atoms with Crippen LogP contribution in [0, 0.1) is 6.92 Å². The Labute approximate surface area is 105 Å². The minimum atomic E-state index is -0.161. The molecule has 2 aromatic heterocycles. The molecule has 0 saturated heterocycles. The van der Waals surface area contributed by atoms with Gasteiger partial charge in [0.1, 0.15) is 9.48 Å². The van der Waals surface area contributed by atoms with Gasteiger partial charge in [0.2, 0.25) is 0 Å². The van der Waals surface area contributed by atoms with Gasteiger partial charge in [-0.05, 0) is 34.5 Å². The number of hydrogen-bond acceptors (Lipinski definition) is 4. The van der Waals surface area contributed by atoms with E-state index in [0.717, 1.165) is 10.2 Å². The predicted octanol–water partition coefficient (Wildman–Crippen LogP) is 2.86. The number of carbonyl (C=O) groups excluding carboxylic acids is 1. The van der Waals surface area contributed by atoms with Crippen LogP contribution >= 0.6 is 27.3 Å². The van der Waals surface area contributed by atoms with E-state index in [0.29, 0.717) is 10.6 Å². The van der Waals surface area contributed by atoms with E-state index in [1.54, 1.807) is 17.9 Å². The van der Waals surface area contributed by atoms with Crippen molar-refractivity contribution in [1.82, 2.24) is 9.97 Å². The van der Waals surface area contributed by atoms with Gasteiger partial charge in [0.05, 0.1) is 23.6 Å². The number of halogens is 1. The van der Waals surface area contributed by atoms with Crippen LogP contribution in [0.2, 0.25) is 0 Å². The Hall–Kier alpha value is -1.27. The van der Waals surface area contributed by atoms with Crippen molar-refractivity contribution in [3.05, 3.63) is 39.0 Å². The molecule has 0 unspecified atom stereocenters. The molecule has 0 saturated carbocycles. The van der Waals surface area contributed by atoms with Crippen molar-refractivity contribution >= 4 is 38.9 Å². The van der Waals surface area contributed by atoms with Crippen molar-refractivity contribution in [1.29, 1.82) is 0 Å². The highest BCUT2D eigenvalue weighted by Crippen LogP contribution is 2.17. The third kappa shape index (κ3) is 2.45. The third-order valence-electron chi connectivity index (χ3n) is 1.93. The summed E-state index contributed by atoms with van der Waals surface area (Å²) in [5.41, 5.74) is 3.28. The first kappa shape index (κ1) is 11.2. The first-order valence-electron chi connectivity index (χ1n) is 4.49. The van der Waals surface area contributed by atoms with Crippen molar-refractivity contribution in [3.63, 3.8) is 0 Å². The zero-order chi connectivity index (χ0) is 11.5. The molecule has 2 rings (SSSR count). The van der Waals surface area contributed by atoms with Crippen molar-refractivity contribution in [2.24, 2.45) is 0 Å². The lowest BCUT2D eigenvalue weighted by atomic mass is 10.3. The second kappa shape index (κ2) is 4.71. The average Bonchev–Trinajstić information content (AvgIpc) is 2.77. The zero-order valence-electron chi connectivity index (χ0n) is 8.40. The molecule has 1 amide bonds. The molecule has 0 aliphatic carbocycles. The third-order valence-corrected chi connectivity index (χ3v) is 3.53. The molecular formula is C10H8BrN3OS. The fourth-order valence-corrected chi connectivity index (χ4v) is 1.88. The van der Waals surface area contributed by atoms with Gasteiger partial charge in [0, 0.05) is 0 Å². The van der Waals surface area contributed by atoms with E-state index in [-0.39, 0.29) is 5.91 Å². The number of nitrogens with zero attached hydrogens (tertiary/aromatic N) is 2. The molecule has 0 atom stereocenters. The van der Waals surface area contributed by atoms with Gasteiger partial charge >= 0.3 is 0 Å². The Kier molecular flexibility index (Phi) is 3.31. The Morgan fingerprint density at radius 3 is 2.94 bits per heavy atom. The van der Waals surface area contributed by atoms with Gasteiger partial charge in [-0.25, -0.2) is 4.98 Å². The van der Waals surface area contributed by atoms with Gasteiger partial charge in [0.25, 0.3) is 5.91 Å². The molecule has 0 spiro atoms. The number of aromatic nitrogens is 2. The van der Waals surface area contributed by atoms with Gasteiger partial charge in [-0.1, -0.05) is 0 Å². The standard InChI is InChI=1S/C10H8BrN3OS/c1-6-2-7(3-13-9(6)11)14-10(15)8-4-12-5-16-8/h2-5H,1H3,(H,14,15). The molecule has 0 radical (unpaired) electrons. The molecule has 4 nitrogen and oxygen atoms in total. The van der Waals surface area contributed by atoms with E-state index in [2.05, 4.69) is 31.2 Å². The van der Waals surface area contributed by atoms with Crippen LogP contribution < -0.4 is 5.32 Å². The quantitative estimate of drug-likeness (QED) is 0.867. The second-order valence-corrected chi connectivity index (χ2v) is 4.79. The molecule has 0 aromatic carbocycles. The minimum absolute atomic E-state index is 0.161. The molecular weight excluding hydrogens is 290 g/mol. The SMILES string of the molecule is Cc1cc(NC(=O)c2cncs2)cnc1Br. The van der Waals surface area contributed by atoms with Gasteiger partial charge in [-0.15, -0.1) is 11.3 Å². The molecule has 16 heavy (non-hydrogen) atoms. The van der Waals surface area contributed by atoms with Crippen LogP contribution in [0.1, 0.15) is 15.2 Å². The van der Waals surface area contributed by atoms with Crippen LogP contribution in [0.3, 0.4) is 0 Å². The van der Waals surface area contributed by atoms with Gasteiger partial charge in [-0.3, -0.25) is 9.78 Å². The highest BCUT2D eigenvalue weighted by molar-refractivity contribution is 9.10. The van der Waals surface area contributed by atoms with E-state index in [1.165, 1.54) is 11.3 Å². The lowest BCUT2D eigenvalue weighted by molar-refractivity contribution is 0.103. The van der Waals surface area contributed by atoms with E-state index in [4.69, 9.17) is 0 Å². The van der Waals surface area contributed by atoms with E-state index < -0.39 is 0 Å². The molecule has 0 aliphatic heterocycles. The molecule has 1 N–H and O–H groups in total. The lowest BCUT2D eigenvalue weighted by Crippen LogP contribution is -2.10. The maximum Gasteiger partial charge on any atom is 0.267 e. The highest BCUT2D eigenvalue weighted by Gasteiger charge is 2.08.